The maximum Gasteiger partial charge on any atom is 0.338 e. The second-order valence-corrected chi connectivity index (χ2v) is 7.20. The predicted octanol–water partition coefficient (Wildman–Crippen LogP) is 2.15. The first-order valence-corrected chi connectivity index (χ1v) is 9.03. The van der Waals surface area contributed by atoms with Crippen LogP contribution in [0.5, 0.6) is 0 Å². The predicted molar refractivity (Wildman–Crippen MR) is 91.1 cm³/mol. The van der Waals surface area contributed by atoms with E-state index in [4.69, 9.17) is 4.74 Å². The van der Waals surface area contributed by atoms with Gasteiger partial charge in [-0.15, -0.1) is 11.8 Å². The Balaban J connectivity index is 1.56. The van der Waals surface area contributed by atoms with Crippen molar-refractivity contribution in [2.45, 2.75) is 24.7 Å². The van der Waals surface area contributed by atoms with Crippen molar-refractivity contribution in [3.05, 3.63) is 23.8 Å². The zero-order valence-electron chi connectivity index (χ0n) is 13.5. The Kier molecular flexibility index (Phi) is 5.08. The van der Waals surface area contributed by atoms with E-state index >= 15 is 0 Å². The number of ether oxygens (including phenoxy) is 1. The monoisotopic (exact) mass is 348 g/mol. The highest BCUT2D eigenvalue weighted by molar-refractivity contribution is 8.00. The van der Waals surface area contributed by atoms with Crippen molar-refractivity contribution >= 4 is 35.2 Å². The molecule has 1 aromatic rings. The van der Waals surface area contributed by atoms with Crippen molar-refractivity contribution in [2.75, 3.05) is 30.8 Å². The summed E-state index contributed by atoms with van der Waals surface area (Å²) in [5.41, 5.74) is 0.943. The largest absolute Gasteiger partial charge is 0.452 e. The average Bonchev–Trinajstić information content (AvgIpc) is 2.59. The summed E-state index contributed by atoms with van der Waals surface area (Å²) >= 11 is 1.43. The van der Waals surface area contributed by atoms with Crippen molar-refractivity contribution in [2.24, 2.45) is 5.92 Å². The van der Waals surface area contributed by atoms with Crippen LogP contribution in [0.15, 0.2) is 23.1 Å². The van der Waals surface area contributed by atoms with E-state index in [9.17, 15) is 14.4 Å². The molecule has 0 radical (unpaired) electrons. The van der Waals surface area contributed by atoms with Crippen molar-refractivity contribution in [1.82, 2.24) is 4.90 Å². The summed E-state index contributed by atoms with van der Waals surface area (Å²) < 4.78 is 5.14. The van der Waals surface area contributed by atoms with Gasteiger partial charge in [-0.05, 0) is 37.0 Å². The molecule has 1 saturated heterocycles. The highest BCUT2D eigenvalue weighted by atomic mass is 32.2. The Morgan fingerprint density at radius 2 is 2.08 bits per heavy atom. The minimum absolute atomic E-state index is 0.0903. The fraction of sp³-hybridized carbons (Fsp3) is 0.471. The number of fused-ring (bicyclic) bond motifs is 1. The van der Waals surface area contributed by atoms with Gasteiger partial charge in [0.2, 0.25) is 5.91 Å². The third-order valence-electron chi connectivity index (χ3n) is 4.31. The molecule has 0 aliphatic carbocycles. The third kappa shape index (κ3) is 3.90. The number of thioether (sulfide) groups is 1. The van der Waals surface area contributed by atoms with E-state index in [0.717, 1.165) is 30.8 Å². The quantitative estimate of drug-likeness (QED) is 0.847. The molecule has 1 N–H and O–H groups in total. The minimum Gasteiger partial charge on any atom is -0.452 e. The molecule has 0 bridgehead atoms. The molecule has 2 amide bonds. The Morgan fingerprint density at radius 3 is 2.83 bits per heavy atom. The van der Waals surface area contributed by atoms with Gasteiger partial charge in [-0.1, -0.05) is 6.92 Å². The van der Waals surface area contributed by atoms with Crippen LogP contribution in [0, 0.1) is 5.92 Å². The smallest absolute Gasteiger partial charge is 0.338 e. The van der Waals surface area contributed by atoms with Gasteiger partial charge in [-0.2, -0.15) is 0 Å². The summed E-state index contributed by atoms with van der Waals surface area (Å²) in [5, 5.41) is 2.73. The highest BCUT2D eigenvalue weighted by Gasteiger charge is 2.22. The number of carbonyl (C=O) groups is 3. The number of carbonyl (C=O) groups excluding carboxylic acids is 3. The summed E-state index contributed by atoms with van der Waals surface area (Å²) in [6.45, 7) is 3.37. The van der Waals surface area contributed by atoms with Crippen molar-refractivity contribution < 1.29 is 19.1 Å². The molecule has 2 heterocycles. The number of anilines is 1. The van der Waals surface area contributed by atoms with Gasteiger partial charge in [0, 0.05) is 18.0 Å². The van der Waals surface area contributed by atoms with Gasteiger partial charge in [0.15, 0.2) is 6.61 Å². The van der Waals surface area contributed by atoms with Crippen LogP contribution >= 0.6 is 11.8 Å². The number of esters is 1. The molecule has 6 nitrogen and oxygen atoms in total. The lowest BCUT2D eigenvalue weighted by molar-refractivity contribution is -0.135. The van der Waals surface area contributed by atoms with Crippen LogP contribution in [-0.4, -0.2) is 48.1 Å². The molecule has 2 aliphatic heterocycles. The summed E-state index contributed by atoms with van der Waals surface area (Å²) in [6.07, 6.45) is 1.98. The number of benzene rings is 1. The molecule has 2 aliphatic rings. The molecule has 7 heteroatoms. The first-order chi connectivity index (χ1) is 11.5. The molecule has 0 saturated carbocycles. The fourth-order valence-electron chi connectivity index (χ4n) is 2.77. The third-order valence-corrected chi connectivity index (χ3v) is 5.38. The van der Waals surface area contributed by atoms with Gasteiger partial charge in [0.1, 0.15) is 0 Å². The normalized spacial score (nSPS) is 17.9. The van der Waals surface area contributed by atoms with Gasteiger partial charge in [-0.25, -0.2) is 4.79 Å². The Morgan fingerprint density at radius 1 is 1.33 bits per heavy atom. The van der Waals surface area contributed by atoms with E-state index in [2.05, 4.69) is 12.2 Å². The maximum atomic E-state index is 12.1. The highest BCUT2D eigenvalue weighted by Crippen LogP contribution is 2.32. The SMILES string of the molecule is CC1CCN(C(=O)COC(=O)c2ccc3c(c2)NC(=O)CS3)CC1. The second kappa shape index (κ2) is 7.25. The van der Waals surface area contributed by atoms with Crippen LogP contribution in [0.1, 0.15) is 30.1 Å². The molecule has 1 fully saturated rings. The van der Waals surface area contributed by atoms with Gasteiger partial charge in [0.05, 0.1) is 17.0 Å². The van der Waals surface area contributed by atoms with Crippen LogP contribution in [-0.2, 0) is 14.3 Å². The number of nitrogens with one attached hydrogen (secondary N) is 1. The van der Waals surface area contributed by atoms with E-state index in [-0.39, 0.29) is 18.4 Å². The molecule has 0 atom stereocenters. The number of hydrogen-bond acceptors (Lipinski definition) is 5. The lowest BCUT2D eigenvalue weighted by Crippen LogP contribution is -2.40. The zero-order chi connectivity index (χ0) is 17.1. The van der Waals surface area contributed by atoms with E-state index in [1.807, 2.05) is 0 Å². The first-order valence-electron chi connectivity index (χ1n) is 8.04. The molecular weight excluding hydrogens is 328 g/mol. The topological polar surface area (TPSA) is 75.7 Å². The summed E-state index contributed by atoms with van der Waals surface area (Å²) in [6, 6.07) is 5.03. The van der Waals surface area contributed by atoms with Gasteiger partial charge >= 0.3 is 5.97 Å². The summed E-state index contributed by atoms with van der Waals surface area (Å²) in [5.74, 6) is 0.214. The van der Waals surface area contributed by atoms with Crippen molar-refractivity contribution in [1.29, 1.82) is 0 Å². The van der Waals surface area contributed by atoms with E-state index in [0.29, 0.717) is 22.9 Å². The van der Waals surface area contributed by atoms with Crippen molar-refractivity contribution in [3.8, 4) is 0 Å². The van der Waals surface area contributed by atoms with Gasteiger partial charge in [0.25, 0.3) is 5.91 Å². The second-order valence-electron chi connectivity index (χ2n) is 6.19. The Bertz CT molecular complexity index is 669. The molecular formula is C17H20N2O4S. The Hall–Kier alpha value is -2.02. The van der Waals surface area contributed by atoms with Gasteiger partial charge < -0.3 is 15.0 Å². The first kappa shape index (κ1) is 16.8. The minimum atomic E-state index is -0.554. The number of rotatable bonds is 3. The lowest BCUT2D eigenvalue weighted by Gasteiger charge is -2.30. The fourth-order valence-corrected chi connectivity index (χ4v) is 3.56. The van der Waals surface area contributed by atoms with Crippen LogP contribution in [0.25, 0.3) is 0 Å². The molecule has 24 heavy (non-hydrogen) atoms. The summed E-state index contributed by atoms with van der Waals surface area (Å²) in [7, 11) is 0. The maximum absolute atomic E-state index is 12.1. The lowest BCUT2D eigenvalue weighted by atomic mass is 9.99. The molecule has 3 rings (SSSR count). The van der Waals surface area contributed by atoms with E-state index in [1.165, 1.54) is 11.8 Å². The Labute approximate surface area is 144 Å². The van der Waals surface area contributed by atoms with E-state index in [1.54, 1.807) is 23.1 Å². The van der Waals surface area contributed by atoms with Crippen molar-refractivity contribution in [3.63, 3.8) is 0 Å². The molecule has 0 spiro atoms. The number of hydrogen-bond donors (Lipinski definition) is 1. The molecule has 1 aromatic carbocycles. The molecule has 128 valence electrons. The standard InChI is InChI=1S/C17H20N2O4S/c1-11-4-6-19(7-5-11)16(21)9-23-17(22)12-2-3-14-13(8-12)18-15(20)10-24-14/h2-3,8,11H,4-7,9-10H2,1H3,(H,18,20). The van der Waals surface area contributed by atoms with Crippen LogP contribution < -0.4 is 5.32 Å². The molecule has 0 unspecified atom stereocenters. The average molecular weight is 348 g/mol. The van der Waals surface area contributed by atoms with Gasteiger partial charge in [-0.3, -0.25) is 9.59 Å². The van der Waals surface area contributed by atoms with Crippen LogP contribution in [0.2, 0.25) is 0 Å². The van der Waals surface area contributed by atoms with E-state index < -0.39 is 5.97 Å². The zero-order valence-corrected chi connectivity index (χ0v) is 14.4. The number of piperidine rings is 1. The number of amides is 2. The summed E-state index contributed by atoms with van der Waals surface area (Å²) in [4.78, 5) is 38.3. The number of likely N-dealkylation sites (tertiary alicyclic amines) is 1. The van der Waals surface area contributed by atoms with Crippen LogP contribution in [0.4, 0.5) is 5.69 Å². The van der Waals surface area contributed by atoms with Crippen LogP contribution in [0.3, 0.4) is 0 Å². The number of nitrogens with zero attached hydrogens (tertiary/aromatic N) is 1. The molecule has 0 aromatic heterocycles.